The second-order valence-electron chi connectivity index (χ2n) is 11.9. The first-order chi connectivity index (χ1) is 20.9. The number of carbonyl (C=O) groups excluding carboxylic acids is 2. The van der Waals surface area contributed by atoms with E-state index in [0.717, 1.165) is 25.8 Å². The summed E-state index contributed by atoms with van der Waals surface area (Å²) in [6, 6.07) is 14.1. The molecule has 0 saturated heterocycles. The normalized spacial score (nSPS) is 21.2. The van der Waals surface area contributed by atoms with Gasteiger partial charge in [-0.1, -0.05) is 37.3 Å². The quantitative estimate of drug-likeness (QED) is 0.363. The topological polar surface area (TPSA) is 91.3 Å². The zero-order chi connectivity index (χ0) is 32.3. The molecule has 0 radical (unpaired) electrons. The molecule has 244 valence electrons. The Kier molecular flexibility index (Phi) is 13.5. The maximum Gasteiger partial charge on any atom is 0.389 e. The summed E-state index contributed by atoms with van der Waals surface area (Å²) in [5.41, 5.74) is 1.53. The lowest BCUT2D eigenvalue weighted by Crippen LogP contribution is -2.47. The van der Waals surface area contributed by atoms with E-state index in [1.165, 1.54) is 17.7 Å². The summed E-state index contributed by atoms with van der Waals surface area (Å²) in [4.78, 5) is 30.2. The van der Waals surface area contributed by atoms with Gasteiger partial charge in [0.2, 0.25) is 5.91 Å². The molecule has 0 unspecified atom stereocenters. The van der Waals surface area contributed by atoms with Gasteiger partial charge in [0.05, 0.1) is 36.8 Å². The Morgan fingerprint density at radius 3 is 2.57 bits per heavy atom. The Morgan fingerprint density at radius 2 is 1.89 bits per heavy atom. The van der Waals surface area contributed by atoms with Crippen LogP contribution in [-0.4, -0.2) is 84.5 Å². The van der Waals surface area contributed by atoms with Crippen LogP contribution in [0.1, 0.15) is 68.8 Å². The Labute approximate surface area is 258 Å². The summed E-state index contributed by atoms with van der Waals surface area (Å²) in [5.74, 6) is -1.02. The highest BCUT2D eigenvalue weighted by Crippen LogP contribution is 2.29. The average molecular weight is 622 g/mol. The van der Waals surface area contributed by atoms with Crippen molar-refractivity contribution in [2.45, 2.75) is 83.8 Å². The molecule has 0 saturated carbocycles. The van der Waals surface area contributed by atoms with E-state index in [4.69, 9.17) is 9.47 Å². The predicted octanol–water partition coefficient (Wildman–Crippen LogP) is 5.90. The van der Waals surface area contributed by atoms with Gasteiger partial charge in [0, 0.05) is 44.3 Å². The van der Waals surface area contributed by atoms with E-state index >= 15 is 0 Å². The van der Waals surface area contributed by atoms with Gasteiger partial charge in [-0.05, 0) is 63.9 Å². The van der Waals surface area contributed by atoms with Gasteiger partial charge in [0.1, 0.15) is 5.75 Å². The third-order valence-corrected chi connectivity index (χ3v) is 7.76. The summed E-state index contributed by atoms with van der Waals surface area (Å²) in [6.07, 6.45) is -4.44. The fraction of sp³-hybridized carbons (Fsp3) is 0.576. The maximum atomic E-state index is 14.1. The molecule has 4 atom stereocenters. The van der Waals surface area contributed by atoms with Crippen molar-refractivity contribution in [3.8, 4) is 5.75 Å². The van der Waals surface area contributed by atoms with Gasteiger partial charge in [0.25, 0.3) is 5.91 Å². The Morgan fingerprint density at radius 1 is 1.16 bits per heavy atom. The molecule has 0 fully saturated rings. The molecule has 0 bridgehead atoms. The SMILES string of the molecule is C[C@@H]1CCCCO[C@@H](CN(C)Cc2ccccc2)[C@H](C)CN([C@@H](C)CO)C(=O)c2cc(NC(=O)CCC(F)(F)F)ccc2O1. The van der Waals surface area contributed by atoms with Crippen LogP contribution in [0, 0.1) is 5.92 Å². The van der Waals surface area contributed by atoms with E-state index < -0.39 is 36.9 Å². The summed E-state index contributed by atoms with van der Waals surface area (Å²) in [7, 11) is 2.04. The van der Waals surface area contributed by atoms with Crippen molar-refractivity contribution in [1.29, 1.82) is 0 Å². The number of halogens is 3. The maximum absolute atomic E-state index is 14.1. The molecule has 2 amide bonds. The summed E-state index contributed by atoms with van der Waals surface area (Å²) in [6.45, 7) is 7.62. The van der Waals surface area contributed by atoms with Crippen molar-refractivity contribution in [1.82, 2.24) is 9.80 Å². The first kappa shape index (κ1) is 35.3. The van der Waals surface area contributed by atoms with E-state index in [0.29, 0.717) is 18.9 Å². The number of hydrogen-bond donors (Lipinski definition) is 2. The fourth-order valence-electron chi connectivity index (χ4n) is 5.21. The zero-order valence-corrected chi connectivity index (χ0v) is 26.1. The number of rotatable bonds is 9. The number of nitrogens with one attached hydrogen (secondary N) is 1. The molecule has 1 aliphatic rings. The summed E-state index contributed by atoms with van der Waals surface area (Å²) < 4.78 is 50.5. The van der Waals surface area contributed by atoms with Crippen LogP contribution in [0.5, 0.6) is 5.75 Å². The van der Waals surface area contributed by atoms with Gasteiger partial charge < -0.3 is 24.8 Å². The molecule has 0 aromatic heterocycles. The van der Waals surface area contributed by atoms with Crippen molar-refractivity contribution in [3.05, 3.63) is 59.7 Å². The van der Waals surface area contributed by atoms with E-state index in [1.54, 1.807) is 17.9 Å². The average Bonchev–Trinajstić information content (AvgIpc) is 2.97. The summed E-state index contributed by atoms with van der Waals surface area (Å²) in [5, 5.41) is 12.6. The monoisotopic (exact) mass is 621 g/mol. The number of amides is 2. The Hall–Kier alpha value is -3.15. The number of alkyl halides is 3. The smallest absolute Gasteiger partial charge is 0.389 e. The van der Waals surface area contributed by atoms with Gasteiger partial charge in [-0.15, -0.1) is 0 Å². The minimum absolute atomic E-state index is 0.109. The molecule has 11 heteroatoms. The number of aliphatic hydroxyl groups excluding tert-OH is 1. The number of nitrogens with zero attached hydrogens (tertiary/aromatic N) is 2. The Balaban J connectivity index is 1.89. The van der Waals surface area contributed by atoms with Gasteiger partial charge in [-0.25, -0.2) is 0 Å². The van der Waals surface area contributed by atoms with Gasteiger partial charge in [0.15, 0.2) is 0 Å². The zero-order valence-electron chi connectivity index (χ0n) is 26.1. The van der Waals surface area contributed by atoms with Crippen LogP contribution in [0.2, 0.25) is 0 Å². The second-order valence-corrected chi connectivity index (χ2v) is 11.9. The molecule has 1 heterocycles. The number of ether oxygens (including phenoxy) is 2. The number of likely N-dealkylation sites (N-methyl/N-ethyl adjacent to an activating group) is 1. The van der Waals surface area contributed by atoms with Crippen LogP contribution in [0.15, 0.2) is 48.5 Å². The highest BCUT2D eigenvalue weighted by atomic mass is 19.4. The standard InChI is InChI=1S/C33H46F3N3O5/c1-23-19-39(24(2)22-40)32(42)28-18-27(37-31(41)15-16-33(34,35)36)13-14-29(28)44-25(3)10-8-9-17-43-30(23)21-38(4)20-26-11-6-5-7-12-26/h5-7,11-14,18,23-25,30,40H,8-10,15-17,19-22H2,1-4H3,(H,37,41)/t23-,24+,25-,30+/m1/s1. The number of carbonyl (C=O) groups is 2. The lowest BCUT2D eigenvalue weighted by Gasteiger charge is -2.36. The van der Waals surface area contributed by atoms with Crippen molar-refractivity contribution in [2.75, 3.05) is 38.7 Å². The van der Waals surface area contributed by atoms with Crippen molar-refractivity contribution in [2.24, 2.45) is 5.92 Å². The lowest BCUT2D eigenvalue weighted by atomic mass is 10.0. The predicted molar refractivity (Wildman–Crippen MR) is 164 cm³/mol. The number of hydrogen-bond acceptors (Lipinski definition) is 6. The first-order valence-corrected chi connectivity index (χ1v) is 15.3. The minimum atomic E-state index is -4.45. The van der Waals surface area contributed by atoms with Crippen LogP contribution in [0.4, 0.5) is 18.9 Å². The van der Waals surface area contributed by atoms with Crippen LogP contribution < -0.4 is 10.1 Å². The number of anilines is 1. The van der Waals surface area contributed by atoms with Gasteiger partial charge in [-0.3, -0.25) is 14.5 Å². The number of benzene rings is 2. The van der Waals surface area contributed by atoms with Gasteiger partial charge in [-0.2, -0.15) is 13.2 Å². The van der Waals surface area contributed by atoms with Crippen molar-refractivity contribution < 1.29 is 37.3 Å². The molecule has 2 N–H and O–H groups in total. The molecule has 1 aliphatic heterocycles. The fourth-order valence-corrected chi connectivity index (χ4v) is 5.21. The third-order valence-electron chi connectivity index (χ3n) is 7.76. The molecular weight excluding hydrogens is 575 g/mol. The summed E-state index contributed by atoms with van der Waals surface area (Å²) >= 11 is 0. The Bertz CT molecular complexity index is 1200. The molecule has 2 aromatic rings. The van der Waals surface area contributed by atoms with Crippen LogP contribution in [0.25, 0.3) is 0 Å². The molecule has 0 spiro atoms. The van der Waals surface area contributed by atoms with E-state index in [9.17, 15) is 27.9 Å². The van der Waals surface area contributed by atoms with E-state index in [2.05, 4.69) is 22.3 Å². The third kappa shape index (κ3) is 11.4. The highest BCUT2D eigenvalue weighted by Gasteiger charge is 2.31. The first-order valence-electron chi connectivity index (χ1n) is 15.3. The van der Waals surface area contributed by atoms with E-state index in [1.807, 2.05) is 39.1 Å². The highest BCUT2D eigenvalue weighted by molar-refractivity contribution is 5.99. The molecule has 8 nitrogen and oxygen atoms in total. The molecule has 3 rings (SSSR count). The second kappa shape index (κ2) is 16.8. The minimum Gasteiger partial charge on any atom is -0.490 e. The van der Waals surface area contributed by atoms with E-state index in [-0.39, 0.29) is 42.5 Å². The molecular formula is C33H46F3N3O5. The van der Waals surface area contributed by atoms with Crippen LogP contribution in [-0.2, 0) is 16.1 Å². The number of fused-ring (bicyclic) bond motifs is 1. The number of aliphatic hydroxyl groups is 1. The molecule has 0 aliphatic carbocycles. The van der Waals surface area contributed by atoms with Crippen molar-refractivity contribution >= 4 is 17.5 Å². The largest absolute Gasteiger partial charge is 0.490 e. The van der Waals surface area contributed by atoms with Crippen LogP contribution >= 0.6 is 0 Å². The van der Waals surface area contributed by atoms with Crippen LogP contribution in [0.3, 0.4) is 0 Å². The molecule has 2 aromatic carbocycles. The lowest BCUT2D eigenvalue weighted by molar-refractivity contribution is -0.142. The molecule has 44 heavy (non-hydrogen) atoms. The van der Waals surface area contributed by atoms with Gasteiger partial charge >= 0.3 is 6.18 Å². The van der Waals surface area contributed by atoms with Crippen molar-refractivity contribution in [3.63, 3.8) is 0 Å².